The van der Waals surface area contributed by atoms with E-state index >= 15 is 0 Å². The fourth-order valence-corrected chi connectivity index (χ4v) is 1.34. The van der Waals surface area contributed by atoms with Gasteiger partial charge in [0.05, 0.1) is 6.61 Å². The summed E-state index contributed by atoms with van der Waals surface area (Å²) in [6, 6.07) is 7.48. The second-order valence-corrected chi connectivity index (χ2v) is 3.81. The van der Waals surface area contributed by atoms with E-state index in [-0.39, 0.29) is 13.2 Å². The van der Waals surface area contributed by atoms with E-state index < -0.39 is 6.10 Å². The van der Waals surface area contributed by atoms with Crippen molar-refractivity contribution in [3.8, 4) is 5.75 Å². The van der Waals surface area contributed by atoms with Crippen LogP contribution in [0.1, 0.15) is 12.5 Å². The first kappa shape index (κ1) is 15.7. The Morgan fingerprint density at radius 2 is 1.95 bits per heavy atom. The molecule has 0 amide bonds. The van der Waals surface area contributed by atoms with Crippen molar-refractivity contribution in [3.05, 3.63) is 42.5 Å². The highest BCUT2D eigenvalue weighted by molar-refractivity contribution is 5.34. The summed E-state index contributed by atoms with van der Waals surface area (Å²) in [5, 5.41) is 9.50. The van der Waals surface area contributed by atoms with Crippen molar-refractivity contribution >= 4 is 0 Å². The molecule has 0 fully saturated rings. The molecule has 19 heavy (non-hydrogen) atoms. The van der Waals surface area contributed by atoms with Gasteiger partial charge < -0.3 is 9.99 Å². The molecule has 0 heterocycles. The van der Waals surface area contributed by atoms with E-state index in [4.69, 9.17) is 14.7 Å². The molecule has 0 aliphatic rings. The number of benzene rings is 1. The summed E-state index contributed by atoms with van der Waals surface area (Å²) < 4.78 is 0. The van der Waals surface area contributed by atoms with E-state index in [1.54, 1.807) is 19.1 Å². The van der Waals surface area contributed by atoms with Gasteiger partial charge in [-0.15, -0.1) is 6.58 Å². The van der Waals surface area contributed by atoms with Gasteiger partial charge in [0.2, 0.25) is 0 Å². The standard InChI is InChI=1S/C14H20O5/c1-3-7-12-8-5-6-9-14(12)19-18-11-13(15)10-17-16-4-2/h3,5-6,8-9,13,15H,1,4,7,10-11H2,2H3. The molecular weight excluding hydrogens is 248 g/mol. The third kappa shape index (κ3) is 6.35. The van der Waals surface area contributed by atoms with E-state index in [0.29, 0.717) is 18.8 Å². The number of allylic oxidation sites excluding steroid dienone is 1. The van der Waals surface area contributed by atoms with E-state index in [1.807, 2.05) is 18.2 Å². The fourth-order valence-electron chi connectivity index (χ4n) is 1.34. The predicted molar refractivity (Wildman–Crippen MR) is 70.5 cm³/mol. The third-order valence-electron chi connectivity index (χ3n) is 2.21. The number of hydrogen-bond acceptors (Lipinski definition) is 5. The summed E-state index contributed by atoms with van der Waals surface area (Å²) in [6.45, 7) is 5.93. The molecule has 1 unspecified atom stereocenters. The number of para-hydroxylation sites is 1. The molecule has 0 aliphatic heterocycles. The molecule has 106 valence electrons. The van der Waals surface area contributed by atoms with Gasteiger partial charge in [-0.05, 0) is 19.4 Å². The van der Waals surface area contributed by atoms with Gasteiger partial charge in [-0.2, -0.15) is 4.89 Å². The van der Waals surface area contributed by atoms with E-state index in [0.717, 1.165) is 5.56 Å². The molecule has 1 aromatic rings. The van der Waals surface area contributed by atoms with Gasteiger partial charge in [0.1, 0.15) is 19.3 Å². The summed E-state index contributed by atoms with van der Waals surface area (Å²) in [4.78, 5) is 19.5. The van der Waals surface area contributed by atoms with Gasteiger partial charge in [-0.3, -0.25) is 0 Å². The minimum Gasteiger partial charge on any atom is -0.388 e. The van der Waals surface area contributed by atoms with E-state index in [9.17, 15) is 5.11 Å². The summed E-state index contributed by atoms with van der Waals surface area (Å²) >= 11 is 0. The Labute approximate surface area is 113 Å². The molecule has 0 aliphatic carbocycles. The highest BCUT2D eigenvalue weighted by Gasteiger charge is 2.08. The first-order valence-electron chi connectivity index (χ1n) is 6.18. The lowest BCUT2D eigenvalue weighted by Crippen LogP contribution is -2.22. The topological polar surface area (TPSA) is 57.2 Å². The molecule has 1 atom stereocenters. The summed E-state index contributed by atoms with van der Waals surface area (Å²) in [6.07, 6.45) is 1.67. The van der Waals surface area contributed by atoms with Crippen LogP contribution in [0.15, 0.2) is 36.9 Å². The SMILES string of the molecule is C=CCc1ccccc1OOCC(O)COOCC. The Kier molecular flexibility index (Phi) is 7.84. The summed E-state index contributed by atoms with van der Waals surface area (Å²) in [5.41, 5.74) is 0.970. The van der Waals surface area contributed by atoms with Crippen LogP contribution >= 0.6 is 0 Å². The van der Waals surface area contributed by atoms with Gasteiger partial charge in [0.25, 0.3) is 0 Å². The van der Waals surface area contributed by atoms with E-state index in [2.05, 4.69) is 11.5 Å². The van der Waals surface area contributed by atoms with E-state index in [1.165, 1.54) is 0 Å². The second kappa shape index (κ2) is 9.52. The van der Waals surface area contributed by atoms with Crippen LogP contribution < -0.4 is 4.89 Å². The van der Waals surface area contributed by atoms with Crippen LogP contribution in [-0.4, -0.2) is 31.0 Å². The predicted octanol–water partition coefficient (Wildman–Crippen LogP) is 2.05. The average molecular weight is 268 g/mol. The smallest absolute Gasteiger partial charge is 0.168 e. The number of aliphatic hydroxyl groups excluding tert-OH is 1. The van der Waals surface area contributed by atoms with Gasteiger partial charge >= 0.3 is 0 Å². The lowest BCUT2D eigenvalue weighted by molar-refractivity contribution is -0.311. The third-order valence-corrected chi connectivity index (χ3v) is 2.21. The molecule has 0 saturated carbocycles. The second-order valence-electron chi connectivity index (χ2n) is 3.81. The summed E-state index contributed by atoms with van der Waals surface area (Å²) in [7, 11) is 0. The number of rotatable bonds is 10. The molecule has 1 rings (SSSR count). The normalized spacial score (nSPS) is 12.1. The maximum atomic E-state index is 9.50. The molecule has 5 heteroatoms. The van der Waals surface area contributed by atoms with Crippen molar-refractivity contribution in [1.29, 1.82) is 0 Å². The van der Waals surface area contributed by atoms with Crippen LogP contribution in [0.3, 0.4) is 0 Å². The zero-order valence-electron chi connectivity index (χ0n) is 11.1. The van der Waals surface area contributed by atoms with Crippen molar-refractivity contribution in [2.75, 3.05) is 19.8 Å². The Bertz CT molecular complexity index is 367. The highest BCUT2D eigenvalue weighted by Crippen LogP contribution is 2.18. The van der Waals surface area contributed by atoms with Crippen LogP contribution in [0.5, 0.6) is 5.75 Å². The lowest BCUT2D eigenvalue weighted by Gasteiger charge is -2.12. The molecular formula is C14H20O5. The summed E-state index contributed by atoms with van der Waals surface area (Å²) in [5.74, 6) is 0.611. The fraction of sp³-hybridized carbons (Fsp3) is 0.429. The van der Waals surface area contributed by atoms with Gasteiger partial charge in [-0.1, -0.05) is 24.3 Å². The Morgan fingerprint density at radius 3 is 2.68 bits per heavy atom. The highest BCUT2D eigenvalue weighted by atomic mass is 17.2. The molecule has 0 aromatic heterocycles. The molecule has 5 nitrogen and oxygen atoms in total. The molecule has 0 radical (unpaired) electrons. The van der Waals surface area contributed by atoms with Crippen LogP contribution in [0, 0.1) is 0 Å². The minimum atomic E-state index is -0.807. The van der Waals surface area contributed by atoms with Crippen molar-refractivity contribution < 1.29 is 24.7 Å². The number of hydrogen-bond donors (Lipinski definition) is 1. The molecule has 1 N–H and O–H groups in total. The van der Waals surface area contributed by atoms with Gasteiger partial charge in [0.15, 0.2) is 5.75 Å². The van der Waals surface area contributed by atoms with Gasteiger partial charge in [-0.25, -0.2) is 9.78 Å². The Morgan fingerprint density at radius 1 is 1.21 bits per heavy atom. The quantitative estimate of drug-likeness (QED) is 0.304. The Hall–Kier alpha value is -1.40. The minimum absolute atomic E-state index is 0.00447. The van der Waals surface area contributed by atoms with Gasteiger partial charge in [0, 0.05) is 5.56 Å². The average Bonchev–Trinajstić information content (AvgIpc) is 2.41. The van der Waals surface area contributed by atoms with Crippen LogP contribution in [0.2, 0.25) is 0 Å². The number of aliphatic hydroxyl groups is 1. The van der Waals surface area contributed by atoms with Crippen molar-refractivity contribution in [2.24, 2.45) is 0 Å². The monoisotopic (exact) mass is 268 g/mol. The first-order valence-corrected chi connectivity index (χ1v) is 6.18. The maximum Gasteiger partial charge on any atom is 0.168 e. The molecule has 0 bridgehead atoms. The van der Waals surface area contributed by atoms with Crippen LogP contribution in [-0.2, 0) is 21.1 Å². The molecule has 0 saturated heterocycles. The first-order chi connectivity index (χ1) is 9.27. The van der Waals surface area contributed by atoms with Crippen molar-refractivity contribution in [2.45, 2.75) is 19.4 Å². The maximum absolute atomic E-state index is 9.50. The van der Waals surface area contributed by atoms with Crippen LogP contribution in [0.4, 0.5) is 0 Å². The zero-order chi connectivity index (χ0) is 13.9. The van der Waals surface area contributed by atoms with Crippen molar-refractivity contribution in [1.82, 2.24) is 0 Å². The van der Waals surface area contributed by atoms with Crippen molar-refractivity contribution in [3.63, 3.8) is 0 Å². The van der Waals surface area contributed by atoms with Crippen LogP contribution in [0.25, 0.3) is 0 Å². The lowest BCUT2D eigenvalue weighted by atomic mass is 10.1. The molecule has 1 aromatic carbocycles. The zero-order valence-corrected chi connectivity index (χ0v) is 11.1. The molecule has 0 spiro atoms. The largest absolute Gasteiger partial charge is 0.388 e. The Balaban J connectivity index is 2.30.